The van der Waals surface area contributed by atoms with Crippen molar-refractivity contribution >= 4 is 17.6 Å². The van der Waals surface area contributed by atoms with Crippen molar-refractivity contribution in [2.45, 2.75) is 69.7 Å². The number of piperazine rings is 1. The third-order valence-electron chi connectivity index (χ3n) is 7.64. The number of hydrogen-bond donors (Lipinski definition) is 3. The number of para-hydroxylation sites is 1. The lowest BCUT2D eigenvalue weighted by atomic mass is 9.91. The molecule has 0 saturated carbocycles. The molecule has 1 aromatic carbocycles. The Labute approximate surface area is 218 Å². The summed E-state index contributed by atoms with van der Waals surface area (Å²) in [5.41, 5.74) is 6.74. The number of rotatable bonds is 4. The molecule has 37 heavy (non-hydrogen) atoms. The first-order valence-electron chi connectivity index (χ1n) is 13.1. The highest BCUT2D eigenvalue weighted by Crippen LogP contribution is 2.38. The van der Waals surface area contributed by atoms with E-state index in [1.54, 1.807) is 17.0 Å². The van der Waals surface area contributed by atoms with Crippen LogP contribution in [0.5, 0.6) is 5.75 Å². The summed E-state index contributed by atoms with van der Waals surface area (Å²) < 4.78 is 5.56. The number of ether oxygens (including phenoxy) is 1. The third-order valence-corrected chi connectivity index (χ3v) is 7.64. The summed E-state index contributed by atoms with van der Waals surface area (Å²) >= 11 is 0. The Balaban J connectivity index is 1.28. The number of benzene rings is 1. The van der Waals surface area contributed by atoms with E-state index in [1.165, 1.54) is 0 Å². The van der Waals surface area contributed by atoms with E-state index < -0.39 is 11.2 Å². The smallest absolute Gasteiger partial charge is 0.410 e. The molecule has 3 fully saturated rings. The molecule has 2 unspecified atom stereocenters. The number of amides is 1. The Hall–Kier alpha value is -3.11. The number of aliphatic hydroxyl groups is 1. The molecule has 3 atom stereocenters. The maximum atomic E-state index is 12.7. The van der Waals surface area contributed by atoms with Gasteiger partial charge in [-0.3, -0.25) is 4.90 Å². The van der Waals surface area contributed by atoms with E-state index in [1.807, 2.05) is 39.0 Å². The van der Waals surface area contributed by atoms with E-state index in [-0.39, 0.29) is 30.5 Å². The van der Waals surface area contributed by atoms with Gasteiger partial charge >= 0.3 is 6.09 Å². The zero-order valence-electron chi connectivity index (χ0n) is 21.9. The van der Waals surface area contributed by atoms with Crippen LogP contribution >= 0.6 is 0 Å². The van der Waals surface area contributed by atoms with Crippen LogP contribution in [0, 0.1) is 0 Å². The molecule has 2 bridgehead atoms. The van der Waals surface area contributed by atoms with E-state index in [4.69, 9.17) is 10.5 Å². The van der Waals surface area contributed by atoms with E-state index in [0.717, 1.165) is 38.0 Å². The van der Waals surface area contributed by atoms with Gasteiger partial charge in [0.25, 0.3) is 0 Å². The molecule has 200 valence electrons. The van der Waals surface area contributed by atoms with Crippen molar-refractivity contribution < 1.29 is 19.7 Å². The van der Waals surface area contributed by atoms with E-state index >= 15 is 0 Å². The lowest BCUT2D eigenvalue weighted by Crippen LogP contribution is -2.62. The second-order valence-corrected chi connectivity index (χ2v) is 11.7. The molecule has 4 N–H and O–H groups in total. The van der Waals surface area contributed by atoms with Gasteiger partial charge in [-0.05, 0) is 64.7 Å². The minimum Gasteiger partial charge on any atom is -0.507 e. The van der Waals surface area contributed by atoms with Crippen molar-refractivity contribution in [3.05, 3.63) is 30.3 Å². The van der Waals surface area contributed by atoms with Crippen molar-refractivity contribution in [1.82, 2.24) is 20.0 Å². The summed E-state index contributed by atoms with van der Waals surface area (Å²) in [7, 11) is 0. The maximum Gasteiger partial charge on any atom is 0.410 e. The van der Waals surface area contributed by atoms with Gasteiger partial charge < -0.3 is 30.5 Å². The predicted octanol–water partition coefficient (Wildman–Crippen LogP) is 2.85. The summed E-state index contributed by atoms with van der Waals surface area (Å²) in [6.07, 6.45) is 3.13. The topological polar surface area (TPSA) is 128 Å². The number of phenols is 1. The molecule has 4 heterocycles. The number of phenolic OH excluding ortho intramolecular Hbond substituents is 1. The van der Waals surface area contributed by atoms with Crippen molar-refractivity contribution in [2.24, 2.45) is 0 Å². The molecular formula is C27H38N6O4. The summed E-state index contributed by atoms with van der Waals surface area (Å²) in [4.78, 5) is 19.0. The van der Waals surface area contributed by atoms with Gasteiger partial charge in [0.2, 0.25) is 0 Å². The minimum atomic E-state index is -0.965. The van der Waals surface area contributed by atoms with Crippen LogP contribution in [0.3, 0.4) is 0 Å². The first kappa shape index (κ1) is 25.5. The number of aromatic hydroxyl groups is 1. The lowest BCUT2D eigenvalue weighted by molar-refractivity contribution is -0.0677. The van der Waals surface area contributed by atoms with E-state index in [0.29, 0.717) is 36.6 Å². The van der Waals surface area contributed by atoms with Gasteiger partial charge in [-0.1, -0.05) is 12.1 Å². The number of nitrogen functional groups attached to an aromatic ring is 1. The molecule has 3 aliphatic heterocycles. The number of carbonyl (C=O) groups excluding carboxylic acids is 1. The summed E-state index contributed by atoms with van der Waals surface area (Å²) in [5, 5.41) is 30.2. The van der Waals surface area contributed by atoms with Crippen molar-refractivity contribution in [3.63, 3.8) is 0 Å². The fourth-order valence-corrected chi connectivity index (χ4v) is 5.98. The molecule has 10 heteroatoms. The first-order valence-corrected chi connectivity index (χ1v) is 13.1. The second-order valence-electron chi connectivity index (χ2n) is 11.7. The summed E-state index contributed by atoms with van der Waals surface area (Å²) in [5.74, 6) is 0.518. The average molecular weight is 511 g/mol. The van der Waals surface area contributed by atoms with Crippen LogP contribution in [-0.2, 0) is 4.74 Å². The Kier molecular flexibility index (Phi) is 6.66. The van der Waals surface area contributed by atoms with E-state index in [9.17, 15) is 15.0 Å². The molecule has 10 nitrogen and oxygen atoms in total. The summed E-state index contributed by atoms with van der Waals surface area (Å²) in [6.45, 7) is 8.51. The van der Waals surface area contributed by atoms with Crippen LogP contribution in [0.15, 0.2) is 30.3 Å². The van der Waals surface area contributed by atoms with Gasteiger partial charge in [0.15, 0.2) is 5.82 Å². The molecule has 1 amide bonds. The highest BCUT2D eigenvalue weighted by atomic mass is 16.6. The fraction of sp³-hybridized carbons (Fsp3) is 0.593. The summed E-state index contributed by atoms with van der Waals surface area (Å²) in [6, 6.07) is 9.50. The zero-order valence-corrected chi connectivity index (χ0v) is 21.9. The van der Waals surface area contributed by atoms with Crippen molar-refractivity contribution in [2.75, 3.05) is 43.4 Å². The number of piperidine rings is 1. The molecule has 0 radical (unpaired) electrons. The number of aromatic nitrogens is 2. The van der Waals surface area contributed by atoms with Crippen molar-refractivity contribution in [1.29, 1.82) is 0 Å². The molecule has 5 rings (SSSR count). The number of β-amino-alcohol motifs (C(OH)–C–C–N with tert-alkyl or cyclic N) is 1. The zero-order chi connectivity index (χ0) is 26.4. The van der Waals surface area contributed by atoms with Crippen LogP contribution in [0.1, 0.15) is 46.5 Å². The molecule has 1 aromatic heterocycles. The Morgan fingerprint density at radius 3 is 2.57 bits per heavy atom. The van der Waals surface area contributed by atoms with Gasteiger partial charge in [0.05, 0.1) is 23.5 Å². The van der Waals surface area contributed by atoms with Crippen molar-refractivity contribution in [3.8, 4) is 17.0 Å². The monoisotopic (exact) mass is 510 g/mol. The normalized spacial score (nSPS) is 26.4. The molecular weight excluding hydrogens is 472 g/mol. The molecule has 3 saturated heterocycles. The highest BCUT2D eigenvalue weighted by molar-refractivity contribution is 5.74. The number of likely N-dealkylation sites (tertiary alicyclic amines) is 1. The van der Waals surface area contributed by atoms with E-state index in [2.05, 4.69) is 20.0 Å². The second kappa shape index (κ2) is 9.64. The number of hydrogen-bond acceptors (Lipinski definition) is 9. The van der Waals surface area contributed by atoms with Gasteiger partial charge in [0.1, 0.15) is 11.4 Å². The lowest BCUT2D eigenvalue weighted by Gasteiger charge is -2.47. The fourth-order valence-electron chi connectivity index (χ4n) is 5.98. The van der Waals surface area contributed by atoms with Crippen LogP contribution in [0.2, 0.25) is 0 Å². The van der Waals surface area contributed by atoms with Crippen LogP contribution in [0.25, 0.3) is 11.3 Å². The Morgan fingerprint density at radius 2 is 1.89 bits per heavy atom. The number of carbonyl (C=O) groups is 1. The first-order chi connectivity index (χ1) is 17.5. The van der Waals surface area contributed by atoms with Crippen LogP contribution in [-0.4, -0.2) is 92.3 Å². The molecule has 3 aliphatic rings. The standard InChI is InChI=1S/C27H38N6O4/c1-26(2,3)37-25(35)31-12-6-11-27(36,16-31)17-33-18-9-10-19(33)15-32(14-18)22-13-21(29-30-24(22)28)20-7-4-5-8-23(20)34/h4-5,7-8,13,18-19,34,36H,6,9-12,14-17H2,1-3H3,(H2,28,30)/t18?,19?,27-/m1/s1. The molecule has 2 aromatic rings. The number of nitrogens with zero attached hydrogens (tertiary/aromatic N) is 5. The van der Waals surface area contributed by atoms with Gasteiger partial charge in [-0.25, -0.2) is 4.79 Å². The quantitative estimate of drug-likeness (QED) is 0.569. The Bertz CT molecular complexity index is 1140. The van der Waals surface area contributed by atoms with Gasteiger partial charge in [-0.2, -0.15) is 0 Å². The van der Waals surface area contributed by atoms with Crippen LogP contribution in [0.4, 0.5) is 16.3 Å². The van der Waals surface area contributed by atoms with Gasteiger partial charge in [0, 0.05) is 43.8 Å². The SMILES string of the molecule is CC(C)(C)OC(=O)N1CCC[C@](O)(CN2C3CCC2CN(c2cc(-c4ccccc4O)nnc2N)C3)C1. The molecule has 0 aliphatic carbocycles. The van der Waals surface area contributed by atoms with Gasteiger partial charge in [-0.15, -0.1) is 10.2 Å². The third kappa shape index (κ3) is 5.45. The minimum absolute atomic E-state index is 0.151. The largest absolute Gasteiger partial charge is 0.507 e. The number of anilines is 2. The highest BCUT2D eigenvalue weighted by Gasteiger charge is 2.46. The Morgan fingerprint density at radius 1 is 1.19 bits per heavy atom. The number of nitrogens with two attached hydrogens (primary N) is 1. The maximum absolute atomic E-state index is 12.7. The predicted molar refractivity (Wildman–Crippen MR) is 141 cm³/mol. The molecule has 0 spiro atoms. The number of fused-ring (bicyclic) bond motifs is 2. The van der Waals surface area contributed by atoms with Crippen LogP contribution < -0.4 is 10.6 Å². The average Bonchev–Trinajstić information content (AvgIpc) is 3.05.